The second-order valence-electron chi connectivity index (χ2n) is 4.92. The third-order valence-electron chi connectivity index (χ3n) is 3.40. The zero-order valence-electron chi connectivity index (χ0n) is 12.3. The zero-order chi connectivity index (χ0) is 15.4. The number of carbonyl (C=O) groups excluding carboxylic acids is 1. The fourth-order valence-corrected chi connectivity index (χ4v) is 2.51. The topological polar surface area (TPSA) is 20.3 Å². The van der Waals surface area contributed by atoms with Crippen molar-refractivity contribution in [3.05, 3.63) is 71.8 Å². The Hall–Kier alpha value is -2.06. The fraction of sp³-hybridized carbons (Fsp3) is 0.167. The van der Waals surface area contributed by atoms with Crippen molar-refractivity contribution in [2.75, 3.05) is 10.8 Å². The number of para-hydroxylation sites is 1. The van der Waals surface area contributed by atoms with Crippen LogP contribution in [0.1, 0.15) is 16.7 Å². The molecule has 0 fully saturated rings. The van der Waals surface area contributed by atoms with E-state index >= 15 is 0 Å². The fourth-order valence-electron chi connectivity index (χ4n) is 2.39. The molecule has 1 amide bonds. The smallest absolute Gasteiger partial charge is 0.246 e. The van der Waals surface area contributed by atoms with Crippen LogP contribution in [0.4, 0.5) is 5.69 Å². The Labute approximate surface area is 130 Å². The minimum absolute atomic E-state index is 0.0837. The summed E-state index contributed by atoms with van der Waals surface area (Å²) >= 11 is 5.80. The molecule has 0 aliphatic carbocycles. The van der Waals surface area contributed by atoms with Crippen molar-refractivity contribution in [1.29, 1.82) is 0 Å². The van der Waals surface area contributed by atoms with Gasteiger partial charge in [-0.05, 0) is 30.5 Å². The number of carbonyl (C=O) groups is 1. The lowest BCUT2D eigenvalue weighted by atomic mass is 10.1. The second-order valence-corrected chi connectivity index (χ2v) is 5.18. The second kappa shape index (κ2) is 6.59. The number of aryl methyl sites for hydroxylation is 2. The van der Waals surface area contributed by atoms with E-state index in [9.17, 15) is 4.79 Å². The van der Waals surface area contributed by atoms with Gasteiger partial charge in [-0.1, -0.05) is 55.1 Å². The Bertz CT molecular complexity index is 644. The highest BCUT2D eigenvalue weighted by Gasteiger charge is 2.22. The first-order valence-electron chi connectivity index (χ1n) is 6.75. The van der Waals surface area contributed by atoms with Gasteiger partial charge in [0.15, 0.2) is 0 Å². The van der Waals surface area contributed by atoms with Gasteiger partial charge in [0.1, 0.15) is 5.88 Å². The van der Waals surface area contributed by atoms with E-state index in [1.54, 1.807) is 4.90 Å². The van der Waals surface area contributed by atoms with Gasteiger partial charge in [-0.15, -0.1) is 11.6 Å². The average Bonchev–Trinajstić information content (AvgIpc) is 2.50. The predicted octanol–water partition coefficient (Wildman–Crippen LogP) is 4.55. The molecule has 0 bridgehead atoms. The predicted molar refractivity (Wildman–Crippen MR) is 89.6 cm³/mol. The number of nitrogens with zero attached hydrogens (tertiary/aromatic N) is 1. The number of hydrogen-bond acceptors (Lipinski definition) is 1. The number of amides is 1. The van der Waals surface area contributed by atoms with E-state index in [1.807, 2.05) is 62.4 Å². The van der Waals surface area contributed by atoms with Crippen molar-refractivity contribution in [2.24, 2.45) is 0 Å². The van der Waals surface area contributed by atoms with Crippen LogP contribution in [0.3, 0.4) is 0 Å². The lowest BCUT2D eigenvalue weighted by Crippen LogP contribution is -2.31. The average molecular weight is 300 g/mol. The normalized spacial score (nSPS) is 10.2. The van der Waals surface area contributed by atoms with Gasteiger partial charge in [0.25, 0.3) is 0 Å². The third kappa shape index (κ3) is 3.17. The van der Waals surface area contributed by atoms with Crippen molar-refractivity contribution < 1.29 is 4.79 Å². The summed E-state index contributed by atoms with van der Waals surface area (Å²) in [5.74, 6) is -0.262. The van der Waals surface area contributed by atoms with Gasteiger partial charge >= 0.3 is 0 Å². The monoisotopic (exact) mass is 299 g/mol. The number of alkyl halides is 1. The molecule has 0 heterocycles. The van der Waals surface area contributed by atoms with E-state index in [0.29, 0.717) is 5.70 Å². The highest BCUT2D eigenvalue weighted by atomic mass is 35.5. The molecule has 0 saturated carbocycles. The summed E-state index contributed by atoms with van der Waals surface area (Å²) < 4.78 is 0. The maximum absolute atomic E-state index is 12.4. The molecule has 0 aromatic heterocycles. The lowest BCUT2D eigenvalue weighted by molar-refractivity contribution is -0.115. The first-order valence-corrected chi connectivity index (χ1v) is 7.29. The van der Waals surface area contributed by atoms with Crippen LogP contribution in [0.5, 0.6) is 0 Å². The molecule has 2 aromatic carbocycles. The molecule has 0 spiro atoms. The summed E-state index contributed by atoms with van der Waals surface area (Å²) in [4.78, 5) is 14.0. The minimum Gasteiger partial charge on any atom is -0.279 e. The van der Waals surface area contributed by atoms with Crippen molar-refractivity contribution >= 4 is 28.9 Å². The van der Waals surface area contributed by atoms with Crippen LogP contribution in [-0.4, -0.2) is 11.8 Å². The van der Waals surface area contributed by atoms with Gasteiger partial charge in [0.05, 0.1) is 5.69 Å². The maximum atomic E-state index is 12.4. The van der Waals surface area contributed by atoms with E-state index in [2.05, 4.69) is 6.58 Å². The number of rotatable bonds is 4. The lowest BCUT2D eigenvalue weighted by Gasteiger charge is -2.27. The van der Waals surface area contributed by atoms with Gasteiger partial charge in [0, 0.05) is 5.70 Å². The van der Waals surface area contributed by atoms with E-state index < -0.39 is 0 Å². The van der Waals surface area contributed by atoms with Crippen molar-refractivity contribution in [1.82, 2.24) is 0 Å². The largest absolute Gasteiger partial charge is 0.279 e. The molecule has 2 rings (SSSR count). The van der Waals surface area contributed by atoms with Crippen molar-refractivity contribution in [3.63, 3.8) is 0 Å². The van der Waals surface area contributed by atoms with Crippen LogP contribution in [0.25, 0.3) is 5.70 Å². The summed E-state index contributed by atoms with van der Waals surface area (Å²) in [6, 6.07) is 15.6. The van der Waals surface area contributed by atoms with Crippen LogP contribution in [-0.2, 0) is 4.79 Å². The van der Waals surface area contributed by atoms with Crippen LogP contribution in [0, 0.1) is 13.8 Å². The summed E-state index contributed by atoms with van der Waals surface area (Å²) in [5.41, 5.74) is 4.44. The molecule has 2 aromatic rings. The van der Waals surface area contributed by atoms with Crippen molar-refractivity contribution in [2.45, 2.75) is 13.8 Å². The van der Waals surface area contributed by atoms with Gasteiger partial charge in [-0.2, -0.15) is 0 Å². The Kier molecular flexibility index (Phi) is 4.81. The molecule has 0 unspecified atom stereocenters. The van der Waals surface area contributed by atoms with Crippen LogP contribution >= 0.6 is 11.6 Å². The summed E-state index contributed by atoms with van der Waals surface area (Å²) in [6.07, 6.45) is 0. The Balaban J connectivity index is 2.55. The highest BCUT2D eigenvalue weighted by Crippen LogP contribution is 2.31. The van der Waals surface area contributed by atoms with E-state index in [0.717, 1.165) is 22.4 Å². The summed E-state index contributed by atoms with van der Waals surface area (Å²) in [6.45, 7) is 8.06. The van der Waals surface area contributed by atoms with Crippen LogP contribution in [0.2, 0.25) is 0 Å². The third-order valence-corrected chi connectivity index (χ3v) is 3.63. The van der Waals surface area contributed by atoms with Crippen molar-refractivity contribution in [3.8, 4) is 0 Å². The van der Waals surface area contributed by atoms with E-state index in [4.69, 9.17) is 11.6 Å². The first kappa shape index (κ1) is 15.3. The quantitative estimate of drug-likeness (QED) is 0.759. The summed E-state index contributed by atoms with van der Waals surface area (Å²) in [7, 11) is 0. The molecular weight excluding hydrogens is 282 g/mol. The Morgan fingerprint density at radius 2 is 1.62 bits per heavy atom. The molecule has 0 saturated heterocycles. The molecule has 0 aliphatic rings. The van der Waals surface area contributed by atoms with Gasteiger partial charge in [-0.25, -0.2) is 0 Å². The van der Waals surface area contributed by atoms with Crippen LogP contribution < -0.4 is 4.90 Å². The molecule has 3 heteroatoms. The van der Waals surface area contributed by atoms with E-state index in [-0.39, 0.29) is 11.8 Å². The van der Waals surface area contributed by atoms with Gasteiger partial charge < -0.3 is 0 Å². The Morgan fingerprint density at radius 3 is 2.14 bits per heavy atom. The molecule has 0 aliphatic heterocycles. The number of anilines is 1. The minimum atomic E-state index is -0.178. The highest BCUT2D eigenvalue weighted by molar-refractivity contribution is 6.31. The summed E-state index contributed by atoms with van der Waals surface area (Å²) in [5, 5.41) is 0. The molecule has 2 nitrogen and oxygen atoms in total. The standard InChI is InChI=1S/C18H18ClNO/c1-13-8-7-9-14(2)18(13)20(17(21)12-19)15(3)16-10-5-4-6-11-16/h4-11H,3,12H2,1-2H3. The number of hydrogen-bond donors (Lipinski definition) is 0. The Morgan fingerprint density at radius 1 is 1.05 bits per heavy atom. The van der Waals surface area contributed by atoms with Gasteiger partial charge in [-0.3, -0.25) is 9.69 Å². The number of halogens is 1. The molecular formula is C18H18ClNO. The SMILES string of the molecule is C=C(c1ccccc1)N(C(=O)CCl)c1c(C)cccc1C. The molecule has 0 atom stereocenters. The molecule has 0 N–H and O–H groups in total. The van der Waals surface area contributed by atoms with Gasteiger partial charge in [0.2, 0.25) is 5.91 Å². The molecule has 0 radical (unpaired) electrons. The first-order chi connectivity index (χ1) is 10.1. The maximum Gasteiger partial charge on any atom is 0.246 e. The number of benzene rings is 2. The van der Waals surface area contributed by atoms with Crippen LogP contribution in [0.15, 0.2) is 55.1 Å². The molecule has 108 valence electrons. The molecule has 21 heavy (non-hydrogen) atoms. The van der Waals surface area contributed by atoms with E-state index in [1.165, 1.54) is 0 Å². The zero-order valence-corrected chi connectivity index (χ0v) is 13.0.